The zero-order chi connectivity index (χ0) is 23.3. The van der Waals surface area contributed by atoms with E-state index in [1.165, 1.54) is 11.1 Å². The second-order valence-electron chi connectivity index (χ2n) is 8.69. The Balaban J connectivity index is 1.10. The molecule has 5 rings (SSSR count). The fraction of sp³-hybridized carbons (Fsp3) is 0.333. The lowest BCUT2D eigenvalue weighted by molar-refractivity contribution is -0.127. The first-order chi connectivity index (χ1) is 16.6. The summed E-state index contributed by atoms with van der Waals surface area (Å²) < 4.78 is 11.5. The number of amides is 1. The van der Waals surface area contributed by atoms with Crippen LogP contribution in [-0.4, -0.2) is 53.5 Å². The standard InChI is InChI=1S/C27H29N3O3S/c1-20-28-24(19-34-20)18-33-25-4-2-3-21(16-25)6-8-27(31)30-12-10-29(11-13-30)17-22-5-7-26-23(15-22)9-14-32-26/h2-8,15-16,19H,9-14,17-18H2,1H3/b8-6+. The number of hydrogen-bond donors (Lipinski definition) is 0. The van der Waals surface area contributed by atoms with E-state index in [1.54, 1.807) is 17.4 Å². The Morgan fingerprint density at radius 2 is 2.06 bits per heavy atom. The average Bonchev–Trinajstić information content (AvgIpc) is 3.50. The maximum absolute atomic E-state index is 12.7. The van der Waals surface area contributed by atoms with Gasteiger partial charge in [0.15, 0.2) is 0 Å². The van der Waals surface area contributed by atoms with E-state index < -0.39 is 0 Å². The minimum Gasteiger partial charge on any atom is -0.493 e. The van der Waals surface area contributed by atoms with Gasteiger partial charge in [-0.25, -0.2) is 4.98 Å². The van der Waals surface area contributed by atoms with Crippen LogP contribution in [0.1, 0.15) is 27.4 Å². The summed E-state index contributed by atoms with van der Waals surface area (Å²) in [6.07, 6.45) is 4.53. The molecule has 1 fully saturated rings. The van der Waals surface area contributed by atoms with Crippen LogP contribution in [0.15, 0.2) is 53.9 Å². The number of aromatic nitrogens is 1. The largest absolute Gasteiger partial charge is 0.493 e. The molecule has 3 heterocycles. The molecule has 3 aromatic rings. The maximum Gasteiger partial charge on any atom is 0.246 e. The Morgan fingerprint density at radius 3 is 2.88 bits per heavy atom. The first kappa shape index (κ1) is 22.6. The molecule has 2 aromatic carbocycles. The minimum atomic E-state index is 0.0543. The molecule has 176 valence electrons. The summed E-state index contributed by atoms with van der Waals surface area (Å²) in [5.41, 5.74) is 4.50. The number of carbonyl (C=O) groups is 1. The summed E-state index contributed by atoms with van der Waals surface area (Å²) in [6.45, 7) is 7.38. The van der Waals surface area contributed by atoms with Crippen LogP contribution in [-0.2, 0) is 24.4 Å². The van der Waals surface area contributed by atoms with E-state index in [1.807, 2.05) is 47.5 Å². The second-order valence-corrected chi connectivity index (χ2v) is 9.76. The molecule has 0 spiro atoms. The smallest absolute Gasteiger partial charge is 0.246 e. The molecule has 0 unspecified atom stereocenters. The number of piperazine rings is 1. The van der Waals surface area contributed by atoms with Gasteiger partial charge in [-0.3, -0.25) is 9.69 Å². The van der Waals surface area contributed by atoms with Crippen LogP contribution in [0, 0.1) is 6.92 Å². The van der Waals surface area contributed by atoms with Crippen LogP contribution in [0.25, 0.3) is 6.08 Å². The summed E-state index contributed by atoms with van der Waals surface area (Å²) >= 11 is 1.62. The van der Waals surface area contributed by atoms with Gasteiger partial charge in [-0.05, 0) is 47.9 Å². The molecule has 0 aliphatic carbocycles. The molecular weight excluding hydrogens is 446 g/mol. The maximum atomic E-state index is 12.7. The van der Waals surface area contributed by atoms with E-state index in [-0.39, 0.29) is 5.91 Å². The van der Waals surface area contributed by atoms with Crippen LogP contribution >= 0.6 is 11.3 Å². The molecule has 1 aromatic heterocycles. The van der Waals surface area contributed by atoms with Crippen molar-refractivity contribution in [3.63, 3.8) is 0 Å². The molecule has 0 bridgehead atoms. The molecule has 0 atom stereocenters. The topological polar surface area (TPSA) is 54.9 Å². The lowest BCUT2D eigenvalue weighted by Crippen LogP contribution is -2.47. The van der Waals surface area contributed by atoms with Crippen molar-refractivity contribution in [2.75, 3.05) is 32.8 Å². The highest BCUT2D eigenvalue weighted by Gasteiger charge is 2.20. The summed E-state index contributed by atoms with van der Waals surface area (Å²) in [6, 6.07) is 14.3. The van der Waals surface area contributed by atoms with Gasteiger partial charge in [-0.15, -0.1) is 11.3 Å². The normalized spacial score (nSPS) is 16.0. The third-order valence-electron chi connectivity index (χ3n) is 6.17. The van der Waals surface area contributed by atoms with E-state index in [9.17, 15) is 4.79 Å². The van der Waals surface area contributed by atoms with Crippen molar-refractivity contribution in [2.24, 2.45) is 0 Å². The SMILES string of the molecule is Cc1nc(COc2cccc(/C=C/C(=O)N3CCN(Cc4ccc5c(c4)CCO5)CC3)c2)cs1. The van der Waals surface area contributed by atoms with Crippen molar-refractivity contribution in [3.05, 3.63) is 81.3 Å². The molecule has 0 radical (unpaired) electrons. The van der Waals surface area contributed by atoms with E-state index in [0.29, 0.717) is 6.61 Å². The van der Waals surface area contributed by atoms with Crippen LogP contribution < -0.4 is 9.47 Å². The van der Waals surface area contributed by atoms with E-state index >= 15 is 0 Å². The molecule has 1 saturated heterocycles. The Hall–Kier alpha value is -3.16. The molecule has 2 aliphatic heterocycles. The summed E-state index contributed by atoms with van der Waals surface area (Å²) in [4.78, 5) is 21.5. The number of carbonyl (C=O) groups excluding carboxylic acids is 1. The number of thiazole rings is 1. The Labute approximate surface area is 204 Å². The first-order valence-electron chi connectivity index (χ1n) is 11.7. The van der Waals surface area contributed by atoms with Crippen molar-refractivity contribution < 1.29 is 14.3 Å². The van der Waals surface area contributed by atoms with Gasteiger partial charge in [0.1, 0.15) is 18.1 Å². The van der Waals surface area contributed by atoms with Gasteiger partial charge in [-0.1, -0.05) is 24.3 Å². The summed E-state index contributed by atoms with van der Waals surface area (Å²) in [5.74, 6) is 1.85. The first-order valence-corrected chi connectivity index (χ1v) is 12.6. The van der Waals surface area contributed by atoms with Gasteiger partial charge in [0.25, 0.3) is 0 Å². The highest BCUT2D eigenvalue weighted by molar-refractivity contribution is 7.09. The zero-order valence-corrected chi connectivity index (χ0v) is 20.2. The zero-order valence-electron chi connectivity index (χ0n) is 19.4. The third-order valence-corrected chi connectivity index (χ3v) is 7.00. The molecule has 6 nitrogen and oxygen atoms in total. The molecule has 0 N–H and O–H groups in total. The highest BCUT2D eigenvalue weighted by Crippen LogP contribution is 2.26. The third kappa shape index (κ3) is 5.66. The fourth-order valence-electron chi connectivity index (χ4n) is 4.34. The lowest BCUT2D eigenvalue weighted by atomic mass is 10.1. The molecule has 0 saturated carbocycles. The predicted molar refractivity (Wildman–Crippen MR) is 134 cm³/mol. The van der Waals surface area contributed by atoms with E-state index in [2.05, 4.69) is 28.1 Å². The number of nitrogens with zero attached hydrogens (tertiary/aromatic N) is 3. The van der Waals surface area contributed by atoms with Crippen LogP contribution in [0.3, 0.4) is 0 Å². The van der Waals surface area contributed by atoms with Crippen LogP contribution in [0.4, 0.5) is 0 Å². The number of hydrogen-bond acceptors (Lipinski definition) is 6. The number of ether oxygens (including phenoxy) is 2. The number of rotatable bonds is 7. The number of aryl methyl sites for hydroxylation is 1. The monoisotopic (exact) mass is 475 g/mol. The highest BCUT2D eigenvalue weighted by atomic mass is 32.1. The Kier molecular flexibility index (Phi) is 6.92. The second kappa shape index (κ2) is 10.4. The molecule has 7 heteroatoms. The van der Waals surface area contributed by atoms with Gasteiger partial charge in [0.05, 0.1) is 17.3 Å². The Bertz CT molecular complexity index is 1180. The van der Waals surface area contributed by atoms with Gasteiger partial charge in [-0.2, -0.15) is 0 Å². The number of fused-ring (bicyclic) bond motifs is 1. The summed E-state index contributed by atoms with van der Waals surface area (Å²) in [5, 5.41) is 3.05. The van der Waals surface area contributed by atoms with Gasteiger partial charge in [0, 0.05) is 50.6 Å². The van der Waals surface area contributed by atoms with Gasteiger partial charge >= 0.3 is 0 Å². The van der Waals surface area contributed by atoms with Crippen LogP contribution in [0.5, 0.6) is 11.5 Å². The van der Waals surface area contributed by atoms with Crippen molar-refractivity contribution in [1.29, 1.82) is 0 Å². The van der Waals surface area contributed by atoms with E-state index in [0.717, 1.165) is 73.5 Å². The molecule has 1 amide bonds. The number of benzene rings is 2. The molecule has 34 heavy (non-hydrogen) atoms. The molecule has 2 aliphatic rings. The van der Waals surface area contributed by atoms with Gasteiger partial charge in [0.2, 0.25) is 5.91 Å². The molecular formula is C27H29N3O3S. The van der Waals surface area contributed by atoms with Crippen molar-refractivity contribution in [3.8, 4) is 11.5 Å². The quantitative estimate of drug-likeness (QED) is 0.477. The fourth-order valence-corrected chi connectivity index (χ4v) is 4.93. The average molecular weight is 476 g/mol. The minimum absolute atomic E-state index is 0.0543. The Morgan fingerprint density at radius 1 is 1.18 bits per heavy atom. The van der Waals surface area contributed by atoms with E-state index in [4.69, 9.17) is 9.47 Å². The van der Waals surface area contributed by atoms with Crippen molar-refractivity contribution in [2.45, 2.75) is 26.5 Å². The van der Waals surface area contributed by atoms with Crippen molar-refractivity contribution in [1.82, 2.24) is 14.8 Å². The summed E-state index contributed by atoms with van der Waals surface area (Å²) in [7, 11) is 0. The van der Waals surface area contributed by atoms with Gasteiger partial charge < -0.3 is 14.4 Å². The van der Waals surface area contributed by atoms with Crippen LogP contribution in [0.2, 0.25) is 0 Å². The van der Waals surface area contributed by atoms with Crippen molar-refractivity contribution >= 4 is 23.3 Å². The lowest BCUT2D eigenvalue weighted by Gasteiger charge is -2.34. The predicted octanol–water partition coefficient (Wildman–Crippen LogP) is 4.32.